The molecule has 3 saturated heterocycles. The third-order valence-corrected chi connectivity index (χ3v) is 12.9. The summed E-state index contributed by atoms with van der Waals surface area (Å²) >= 11 is 5.91. The molecule has 354 valence electrons. The molecule has 0 aromatic carbocycles. The van der Waals surface area contributed by atoms with Crippen LogP contribution in [0.25, 0.3) is 22.4 Å². The van der Waals surface area contributed by atoms with Crippen molar-refractivity contribution in [2.24, 2.45) is 8.73 Å². The average molecular weight is 963 g/mol. The molecule has 0 radical (unpaired) electrons. The van der Waals surface area contributed by atoms with E-state index in [9.17, 15) is 8.42 Å². The molecule has 0 saturated carbocycles. The highest BCUT2D eigenvalue weighted by Gasteiger charge is 2.53. The highest BCUT2D eigenvalue weighted by molar-refractivity contribution is 7.92. The number of aromatic nitrogens is 8. The number of pyridine rings is 2. The molecule has 0 N–H and O–H groups in total. The Labute approximate surface area is 393 Å². The summed E-state index contributed by atoms with van der Waals surface area (Å²) in [5.41, 5.74) is 4.98. The van der Waals surface area contributed by atoms with E-state index in [2.05, 4.69) is 85.2 Å². The van der Waals surface area contributed by atoms with Crippen molar-refractivity contribution in [2.75, 3.05) is 74.3 Å². The van der Waals surface area contributed by atoms with E-state index in [4.69, 9.17) is 35.4 Å². The highest BCUT2D eigenvalue weighted by Crippen LogP contribution is 2.37. The molecular formula is C44H60BClN12O6S2. The number of ether oxygens (including phenoxy) is 2. The summed E-state index contributed by atoms with van der Waals surface area (Å²) in [7, 11) is -4.98. The van der Waals surface area contributed by atoms with Gasteiger partial charge in [-0.1, -0.05) is 12.1 Å². The zero-order chi connectivity index (χ0) is 47.8. The number of rotatable bonds is 6. The lowest BCUT2D eigenvalue weighted by Gasteiger charge is -2.34. The van der Waals surface area contributed by atoms with E-state index in [1.165, 1.54) is 0 Å². The number of fused-ring (bicyclic) bond motifs is 2. The zero-order valence-electron chi connectivity index (χ0n) is 39.8. The molecule has 3 fully saturated rings. The van der Waals surface area contributed by atoms with Crippen molar-refractivity contribution in [3.63, 3.8) is 0 Å². The molecule has 18 nitrogen and oxygen atoms in total. The maximum absolute atomic E-state index is 12.3. The quantitative estimate of drug-likeness (QED) is 0.133. The smallest absolute Gasteiger partial charge is 0.399 e. The maximum atomic E-state index is 12.3. The summed E-state index contributed by atoms with van der Waals surface area (Å²) < 4.78 is 59.3. The summed E-state index contributed by atoms with van der Waals surface area (Å²) in [4.78, 5) is 21.9. The predicted octanol–water partition coefficient (Wildman–Crippen LogP) is 6.34. The van der Waals surface area contributed by atoms with E-state index in [1.807, 2.05) is 71.7 Å². The molecule has 6 aromatic heterocycles. The van der Waals surface area contributed by atoms with Gasteiger partial charge in [0.15, 0.2) is 17.5 Å². The molecule has 0 aliphatic carbocycles. The third-order valence-electron chi connectivity index (χ3n) is 11.5. The second-order valence-corrected chi connectivity index (χ2v) is 23.6. The van der Waals surface area contributed by atoms with Crippen molar-refractivity contribution in [2.45, 2.75) is 78.7 Å². The number of aryl methyl sites for hydroxylation is 2. The summed E-state index contributed by atoms with van der Waals surface area (Å²) in [6.45, 7) is 20.4. The lowest BCUT2D eigenvalue weighted by Crippen LogP contribution is -2.44. The summed E-state index contributed by atoms with van der Waals surface area (Å²) in [6.07, 6.45) is 10.2. The van der Waals surface area contributed by atoms with Crippen molar-refractivity contribution in [3.05, 3.63) is 77.6 Å². The Kier molecular flexibility index (Phi) is 14.5. The number of hydrogen-bond donors (Lipinski definition) is 0. The average Bonchev–Trinajstić information content (AvgIpc) is 3.81. The lowest BCUT2D eigenvalue weighted by atomic mass is 9.78. The summed E-state index contributed by atoms with van der Waals surface area (Å²) in [5, 5.41) is 9.19. The number of anilines is 2. The number of hydrogen-bond acceptors (Lipinski definition) is 16. The van der Waals surface area contributed by atoms with Crippen LogP contribution >= 0.6 is 11.6 Å². The van der Waals surface area contributed by atoms with E-state index < -0.39 is 19.5 Å². The summed E-state index contributed by atoms with van der Waals surface area (Å²) in [6, 6.07) is 15.8. The molecule has 2 atom stereocenters. The molecule has 66 heavy (non-hydrogen) atoms. The molecule has 0 unspecified atom stereocenters. The van der Waals surface area contributed by atoms with Gasteiger partial charge in [0.05, 0.1) is 77.7 Å². The molecule has 3 aliphatic heterocycles. The van der Waals surface area contributed by atoms with Gasteiger partial charge >= 0.3 is 7.12 Å². The van der Waals surface area contributed by atoms with Gasteiger partial charge in [0.2, 0.25) is 5.28 Å². The van der Waals surface area contributed by atoms with Crippen molar-refractivity contribution >= 4 is 77.9 Å². The van der Waals surface area contributed by atoms with Gasteiger partial charge in [-0.05, 0) is 91.3 Å². The summed E-state index contributed by atoms with van der Waals surface area (Å²) in [5.74, 6) is 2.76. The highest BCUT2D eigenvalue weighted by atomic mass is 35.5. The molecule has 9 heterocycles. The van der Waals surface area contributed by atoms with Crippen LogP contribution in [0.15, 0.2) is 69.7 Å². The van der Waals surface area contributed by atoms with Crippen LogP contribution in [0.2, 0.25) is 5.28 Å². The first-order valence-electron chi connectivity index (χ1n) is 21.7. The van der Waals surface area contributed by atoms with E-state index in [0.29, 0.717) is 49.7 Å². The molecule has 0 spiro atoms. The standard InChI is InChI=1S/C19H24N6O2S.C14H19BN2O2.C11H17ClN4O2S/c1-13-12-27-10-9-24(13)17-11-16(23-28(3,4)26)20-19(21-17)18-14(2)22-25-8-6-5-7-15(18)25;1-10-12(11-8-6-7-9-17(11)16-10)15-18-13(2,3)14(4,5)19-15;1-8-7-18-5-4-16(8)10-6-9(13-11(12)14-10)15-19(2,3)17/h5-8,11,13H,9-10,12H2,1-4H3;6-9H,1-5H3;6,8H,4-5,7H2,1-3H3/t13-;;8-/m1.1/s1. The van der Waals surface area contributed by atoms with Crippen LogP contribution in [0.3, 0.4) is 0 Å². The van der Waals surface area contributed by atoms with Crippen LogP contribution in [-0.2, 0) is 38.2 Å². The third kappa shape index (κ3) is 11.5. The molecule has 6 aromatic rings. The fourth-order valence-electron chi connectivity index (χ4n) is 7.68. The lowest BCUT2D eigenvalue weighted by molar-refractivity contribution is 0.00578. The van der Waals surface area contributed by atoms with Crippen LogP contribution in [0, 0.1) is 13.8 Å². The van der Waals surface area contributed by atoms with Gasteiger partial charge in [-0.2, -0.15) is 23.9 Å². The Morgan fingerprint density at radius 3 is 1.71 bits per heavy atom. The first-order valence-corrected chi connectivity index (χ1v) is 26.7. The minimum Gasteiger partial charge on any atom is -0.399 e. The van der Waals surface area contributed by atoms with Crippen LogP contribution in [0.5, 0.6) is 0 Å². The van der Waals surface area contributed by atoms with Gasteiger partial charge in [-0.3, -0.25) is 0 Å². The Bertz CT molecular complexity index is 2950. The minimum atomic E-state index is -2.36. The van der Waals surface area contributed by atoms with Crippen molar-refractivity contribution in [1.29, 1.82) is 0 Å². The van der Waals surface area contributed by atoms with E-state index >= 15 is 0 Å². The topological polar surface area (TPSA) is 188 Å². The minimum absolute atomic E-state index is 0.110. The Morgan fingerprint density at radius 1 is 0.697 bits per heavy atom. The molecule has 9 rings (SSSR count). The molecule has 0 bridgehead atoms. The second kappa shape index (κ2) is 19.5. The van der Waals surface area contributed by atoms with Crippen LogP contribution in [-0.4, -0.2) is 143 Å². The SMILES string of the molecule is C[C@@H]1COCCN1c1cc(N=S(C)(C)=O)nc(Cl)n1.Cc1nn2ccccc2c1-c1nc(N=S(C)(C)=O)cc(N2CCOC[C@H]2C)n1.Cc1nn2ccccc2c1B1OC(C)(C)C(C)(C)O1. The number of nitrogens with zero attached hydrogens (tertiary/aromatic N) is 12. The van der Waals surface area contributed by atoms with Crippen molar-refractivity contribution in [3.8, 4) is 11.4 Å². The Hall–Kier alpha value is -4.77. The molecule has 22 heteroatoms. The van der Waals surface area contributed by atoms with E-state index in [-0.39, 0.29) is 35.7 Å². The van der Waals surface area contributed by atoms with Crippen LogP contribution in [0.4, 0.5) is 23.3 Å². The Morgan fingerprint density at radius 2 is 1.18 bits per heavy atom. The van der Waals surface area contributed by atoms with Crippen LogP contribution < -0.4 is 15.3 Å². The molecule has 0 amide bonds. The Balaban J connectivity index is 0.000000152. The maximum Gasteiger partial charge on any atom is 0.499 e. The van der Waals surface area contributed by atoms with Gasteiger partial charge in [-0.15, -0.1) is 0 Å². The first kappa shape index (κ1) is 49.1. The fourth-order valence-corrected chi connectivity index (χ4v) is 8.94. The monoisotopic (exact) mass is 962 g/mol. The normalized spacial score (nSPS) is 19.6. The molecular weight excluding hydrogens is 903 g/mol. The van der Waals surface area contributed by atoms with Crippen LogP contribution in [0.1, 0.15) is 52.9 Å². The zero-order valence-corrected chi connectivity index (χ0v) is 42.1. The van der Waals surface area contributed by atoms with E-state index in [1.54, 1.807) is 37.2 Å². The van der Waals surface area contributed by atoms with Gasteiger partial charge in [0.1, 0.15) is 11.6 Å². The van der Waals surface area contributed by atoms with Gasteiger partial charge in [0, 0.05) is 87.6 Å². The second-order valence-electron chi connectivity index (χ2n) is 18.1. The fraction of sp³-hybridized carbons (Fsp3) is 0.500. The van der Waals surface area contributed by atoms with Crippen molar-refractivity contribution in [1.82, 2.24) is 39.2 Å². The van der Waals surface area contributed by atoms with Gasteiger partial charge in [-0.25, -0.2) is 32.4 Å². The number of halogens is 1. The number of morpholine rings is 2. The predicted molar refractivity (Wildman–Crippen MR) is 263 cm³/mol. The molecule has 3 aliphatic rings. The van der Waals surface area contributed by atoms with Crippen molar-refractivity contribution < 1.29 is 27.2 Å². The van der Waals surface area contributed by atoms with Gasteiger partial charge in [0.25, 0.3) is 0 Å². The van der Waals surface area contributed by atoms with Gasteiger partial charge < -0.3 is 28.6 Å². The first-order chi connectivity index (χ1) is 31.0. The largest absolute Gasteiger partial charge is 0.499 e. The van der Waals surface area contributed by atoms with E-state index in [0.717, 1.165) is 52.4 Å².